The third kappa shape index (κ3) is 3.35. The largest absolute Gasteiger partial charge is 0.479 e. The van der Waals surface area contributed by atoms with E-state index in [0.29, 0.717) is 32.0 Å². The molecule has 1 aliphatic heterocycles. The number of hydrogen-bond donors (Lipinski definition) is 2. The van der Waals surface area contributed by atoms with E-state index in [-0.39, 0.29) is 12.6 Å². The van der Waals surface area contributed by atoms with Crippen molar-refractivity contribution in [1.82, 2.24) is 10.2 Å². The molecule has 1 unspecified atom stereocenters. The summed E-state index contributed by atoms with van der Waals surface area (Å²) < 4.78 is 5.10. The molecule has 1 heterocycles. The van der Waals surface area contributed by atoms with Crippen molar-refractivity contribution in [2.24, 2.45) is 5.92 Å². The fraction of sp³-hybridized carbons (Fsp3) is 0.833. The van der Waals surface area contributed by atoms with Gasteiger partial charge in [0.2, 0.25) is 0 Å². The van der Waals surface area contributed by atoms with Crippen LogP contribution in [-0.4, -0.2) is 53.8 Å². The van der Waals surface area contributed by atoms with Gasteiger partial charge in [-0.15, -0.1) is 0 Å². The van der Waals surface area contributed by atoms with Gasteiger partial charge in [-0.1, -0.05) is 13.8 Å². The van der Waals surface area contributed by atoms with Crippen molar-refractivity contribution in [3.05, 3.63) is 0 Å². The van der Waals surface area contributed by atoms with Crippen molar-refractivity contribution < 1.29 is 19.4 Å². The first-order chi connectivity index (χ1) is 8.41. The number of carbonyl (C=O) groups excluding carboxylic acids is 1. The maximum absolute atomic E-state index is 12.1. The van der Waals surface area contributed by atoms with Gasteiger partial charge in [0.1, 0.15) is 0 Å². The Morgan fingerprint density at radius 1 is 1.50 bits per heavy atom. The number of hydrogen-bond acceptors (Lipinski definition) is 3. The second-order valence-corrected chi connectivity index (χ2v) is 5.05. The number of ether oxygens (including phenoxy) is 1. The van der Waals surface area contributed by atoms with Crippen molar-refractivity contribution in [3.8, 4) is 0 Å². The number of carboxylic acids is 1. The van der Waals surface area contributed by atoms with E-state index in [0.717, 1.165) is 0 Å². The molecule has 0 radical (unpaired) electrons. The SMILES string of the molecule is CCN(CC(C)C)C(=O)NC1(C(=O)O)CCOC1. The standard InChI is InChI=1S/C12H22N2O4/c1-4-14(7-9(2)3)11(17)13-12(10(15)16)5-6-18-8-12/h9H,4-8H2,1-3H3,(H,13,17)(H,15,16). The van der Waals surface area contributed by atoms with Gasteiger partial charge in [0.25, 0.3) is 0 Å². The minimum atomic E-state index is -1.26. The molecule has 6 heteroatoms. The quantitative estimate of drug-likeness (QED) is 0.768. The van der Waals surface area contributed by atoms with E-state index in [9.17, 15) is 14.7 Å². The molecule has 1 fully saturated rings. The summed E-state index contributed by atoms with van der Waals surface area (Å²) in [6.07, 6.45) is 0.313. The van der Waals surface area contributed by atoms with E-state index in [2.05, 4.69) is 5.32 Å². The Morgan fingerprint density at radius 3 is 2.56 bits per heavy atom. The molecule has 0 aromatic heterocycles. The minimum absolute atomic E-state index is 0.0350. The summed E-state index contributed by atoms with van der Waals surface area (Å²) in [5.74, 6) is -0.690. The van der Waals surface area contributed by atoms with Crippen LogP contribution in [0.5, 0.6) is 0 Å². The number of nitrogens with zero attached hydrogens (tertiary/aromatic N) is 1. The van der Waals surface area contributed by atoms with Crippen LogP contribution < -0.4 is 5.32 Å². The molecule has 2 N–H and O–H groups in total. The Bertz CT molecular complexity index is 311. The van der Waals surface area contributed by atoms with Crippen molar-refractivity contribution in [3.63, 3.8) is 0 Å². The average Bonchev–Trinajstić information content (AvgIpc) is 2.75. The number of amides is 2. The van der Waals surface area contributed by atoms with E-state index >= 15 is 0 Å². The predicted octanol–water partition coefficient (Wildman–Crippen LogP) is 0.918. The molecule has 1 aliphatic rings. The monoisotopic (exact) mass is 258 g/mol. The first-order valence-corrected chi connectivity index (χ1v) is 6.29. The molecule has 0 saturated carbocycles. The number of carbonyl (C=O) groups is 2. The zero-order valence-corrected chi connectivity index (χ0v) is 11.2. The van der Waals surface area contributed by atoms with Crippen LogP contribution in [0.3, 0.4) is 0 Å². The highest BCUT2D eigenvalue weighted by atomic mass is 16.5. The van der Waals surface area contributed by atoms with Crippen LogP contribution >= 0.6 is 0 Å². The summed E-state index contributed by atoms with van der Waals surface area (Å²) in [6.45, 7) is 7.47. The van der Waals surface area contributed by atoms with Gasteiger partial charge in [0.05, 0.1) is 6.61 Å². The topological polar surface area (TPSA) is 78.9 Å². The van der Waals surface area contributed by atoms with Crippen LogP contribution in [0.2, 0.25) is 0 Å². The van der Waals surface area contributed by atoms with E-state index in [1.807, 2.05) is 20.8 Å². The van der Waals surface area contributed by atoms with E-state index < -0.39 is 11.5 Å². The number of nitrogens with one attached hydrogen (secondary N) is 1. The second kappa shape index (κ2) is 6.04. The number of rotatable bonds is 5. The lowest BCUT2D eigenvalue weighted by atomic mass is 9.99. The lowest BCUT2D eigenvalue weighted by Gasteiger charge is -2.29. The van der Waals surface area contributed by atoms with Gasteiger partial charge in [0, 0.05) is 26.1 Å². The second-order valence-electron chi connectivity index (χ2n) is 5.05. The number of aliphatic carboxylic acids is 1. The molecule has 6 nitrogen and oxygen atoms in total. The summed E-state index contributed by atoms with van der Waals surface area (Å²) in [5, 5.41) is 11.8. The summed E-state index contributed by atoms with van der Waals surface area (Å²) in [7, 11) is 0. The fourth-order valence-corrected chi connectivity index (χ4v) is 1.97. The van der Waals surface area contributed by atoms with Crippen molar-refractivity contribution >= 4 is 12.0 Å². The van der Waals surface area contributed by atoms with Crippen LogP contribution in [0.25, 0.3) is 0 Å². The van der Waals surface area contributed by atoms with E-state index in [1.165, 1.54) is 0 Å². The lowest BCUT2D eigenvalue weighted by molar-refractivity contribution is -0.144. The molecule has 104 valence electrons. The fourth-order valence-electron chi connectivity index (χ4n) is 1.97. The number of carboxylic acid groups (broad SMARTS) is 1. The maximum Gasteiger partial charge on any atom is 0.332 e. The van der Waals surface area contributed by atoms with Crippen molar-refractivity contribution in [2.75, 3.05) is 26.3 Å². The molecular weight excluding hydrogens is 236 g/mol. The zero-order chi connectivity index (χ0) is 13.8. The van der Waals surface area contributed by atoms with Crippen LogP contribution in [0, 0.1) is 5.92 Å². The Morgan fingerprint density at radius 2 is 2.17 bits per heavy atom. The third-order valence-electron chi connectivity index (χ3n) is 3.03. The first kappa shape index (κ1) is 14.8. The van der Waals surface area contributed by atoms with E-state index in [4.69, 9.17) is 4.74 Å². The summed E-state index contributed by atoms with van der Waals surface area (Å²) in [4.78, 5) is 25.0. The molecule has 0 spiro atoms. The van der Waals surface area contributed by atoms with Crippen molar-refractivity contribution in [1.29, 1.82) is 0 Å². The maximum atomic E-state index is 12.1. The van der Waals surface area contributed by atoms with E-state index in [1.54, 1.807) is 4.90 Å². The third-order valence-corrected chi connectivity index (χ3v) is 3.03. The zero-order valence-electron chi connectivity index (χ0n) is 11.2. The molecule has 0 aliphatic carbocycles. The summed E-state index contributed by atoms with van der Waals surface area (Å²) in [5.41, 5.74) is -1.26. The Kier molecular flexibility index (Phi) is 4.95. The van der Waals surface area contributed by atoms with Gasteiger partial charge in [-0.25, -0.2) is 9.59 Å². The highest BCUT2D eigenvalue weighted by molar-refractivity contribution is 5.86. The van der Waals surface area contributed by atoms with Gasteiger partial charge in [-0.3, -0.25) is 0 Å². The molecule has 18 heavy (non-hydrogen) atoms. The molecule has 1 rings (SSSR count). The average molecular weight is 258 g/mol. The van der Waals surface area contributed by atoms with Gasteiger partial charge in [-0.2, -0.15) is 0 Å². The molecule has 1 atom stereocenters. The van der Waals surface area contributed by atoms with Gasteiger partial charge >= 0.3 is 12.0 Å². The molecule has 0 aromatic carbocycles. The van der Waals surface area contributed by atoms with Crippen LogP contribution in [0.4, 0.5) is 4.79 Å². The van der Waals surface area contributed by atoms with Crippen molar-refractivity contribution in [2.45, 2.75) is 32.7 Å². The van der Waals surface area contributed by atoms with Crippen LogP contribution in [0.15, 0.2) is 0 Å². The molecule has 2 amide bonds. The highest BCUT2D eigenvalue weighted by Gasteiger charge is 2.44. The number of urea groups is 1. The van der Waals surface area contributed by atoms with Gasteiger partial charge in [0.15, 0.2) is 5.54 Å². The minimum Gasteiger partial charge on any atom is -0.479 e. The molecule has 0 bridgehead atoms. The van der Waals surface area contributed by atoms with Gasteiger partial charge < -0.3 is 20.1 Å². The first-order valence-electron chi connectivity index (χ1n) is 6.29. The van der Waals surface area contributed by atoms with Gasteiger partial charge in [-0.05, 0) is 12.8 Å². The molecular formula is C12H22N2O4. The smallest absolute Gasteiger partial charge is 0.332 e. The Labute approximate surface area is 107 Å². The summed E-state index contributed by atoms with van der Waals surface area (Å²) in [6, 6.07) is -0.334. The Hall–Kier alpha value is -1.30. The highest BCUT2D eigenvalue weighted by Crippen LogP contribution is 2.19. The normalized spacial score (nSPS) is 23.1. The Balaban J connectivity index is 2.68. The molecule has 0 aromatic rings. The predicted molar refractivity (Wildman–Crippen MR) is 66.4 cm³/mol. The lowest BCUT2D eigenvalue weighted by Crippen LogP contribution is -2.58. The van der Waals surface area contributed by atoms with Crippen LogP contribution in [0.1, 0.15) is 27.2 Å². The van der Waals surface area contributed by atoms with Crippen LogP contribution in [-0.2, 0) is 9.53 Å². The summed E-state index contributed by atoms with van der Waals surface area (Å²) >= 11 is 0. The molecule has 1 saturated heterocycles.